The third kappa shape index (κ3) is 5.58. The van der Waals surface area contributed by atoms with Crippen molar-refractivity contribution in [1.29, 1.82) is 0 Å². The summed E-state index contributed by atoms with van der Waals surface area (Å²) in [6, 6.07) is 14.9. The molecule has 2 aromatic rings. The molecule has 1 amide bonds. The molecule has 1 N–H and O–H groups in total. The summed E-state index contributed by atoms with van der Waals surface area (Å²) in [5.41, 5.74) is 5.41. The lowest BCUT2D eigenvalue weighted by atomic mass is 10.0. The number of likely N-dealkylation sites (N-methyl/N-ethyl adjacent to an activating group) is 1. The molecule has 0 spiro atoms. The van der Waals surface area contributed by atoms with Gasteiger partial charge in [0.1, 0.15) is 0 Å². The summed E-state index contributed by atoms with van der Waals surface area (Å²) in [5, 5.41) is 3.19. The van der Waals surface area contributed by atoms with Crippen molar-refractivity contribution in [2.45, 2.75) is 19.9 Å². The van der Waals surface area contributed by atoms with Gasteiger partial charge in [0.25, 0.3) is 5.91 Å². The third-order valence-corrected chi connectivity index (χ3v) is 5.71. The summed E-state index contributed by atoms with van der Waals surface area (Å²) in [7, 11) is 6.27. The minimum atomic E-state index is 0.000777. The highest BCUT2D eigenvalue weighted by atomic mass is 16.1. The molecule has 0 aromatic heterocycles. The lowest BCUT2D eigenvalue weighted by molar-refractivity contribution is 0.0886. The van der Waals surface area contributed by atoms with E-state index in [-0.39, 0.29) is 11.9 Å². The first-order valence-electron chi connectivity index (χ1n) is 10.4. The average Bonchev–Trinajstić information content (AvgIpc) is 2.69. The Bertz CT molecular complexity index is 803. The number of piperazine rings is 1. The quantitative estimate of drug-likeness (QED) is 0.817. The third-order valence-electron chi connectivity index (χ3n) is 5.71. The van der Waals surface area contributed by atoms with Crippen molar-refractivity contribution in [2.75, 3.05) is 58.8 Å². The number of rotatable bonds is 6. The van der Waals surface area contributed by atoms with Crippen molar-refractivity contribution >= 4 is 11.6 Å². The van der Waals surface area contributed by atoms with Gasteiger partial charge in [0.05, 0.1) is 6.04 Å². The van der Waals surface area contributed by atoms with Gasteiger partial charge in [0.15, 0.2) is 0 Å². The van der Waals surface area contributed by atoms with Crippen LogP contribution < -0.4 is 10.2 Å². The monoisotopic (exact) mass is 394 g/mol. The molecule has 1 atom stereocenters. The van der Waals surface area contributed by atoms with E-state index in [4.69, 9.17) is 0 Å². The molecule has 1 heterocycles. The van der Waals surface area contributed by atoms with E-state index in [0.717, 1.165) is 42.9 Å². The summed E-state index contributed by atoms with van der Waals surface area (Å²) >= 11 is 0. The maximum atomic E-state index is 12.8. The summed E-state index contributed by atoms with van der Waals surface area (Å²) in [5.74, 6) is 0.000777. The van der Waals surface area contributed by atoms with Gasteiger partial charge in [-0.1, -0.05) is 29.3 Å². The second kappa shape index (κ2) is 9.42. The van der Waals surface area contributed by atoms with Gasteiger partial charge in [-0.25, -0.2) is 0 Å². The number of aryl methyl sites for hydroxylation is 2. The summed E-state index contributed by atoms with van der Waals surface area (Å²) in [4.78, 5) is 19.8. The summed E-state index contributed by atoms with van der Waals surface area (Å²) in [6.07, 6.45) is 0. The Labute approximate surface area is 175 Å². The highest BCUT2D eigenvalue weighted by molar-refractivity contribution is 5.94. The predicted octanol–water partition coefficient (Wildman–Crippen LogP) is 3.09. The molecule has 0 aliphatic carbocycles. The predicted molar refractivity (Wildman–Crippen MR) is 121 cm³/mol. The van der Waals surface area contributed by atoms with Gasteiger partial charge in [-0.05, 0) is 50.7 Å². The van der Waals surface area contributed by atoms with Crippen molar-refractivity contribution in [3.05, 3.63) is 64.7 Å². The number of hydrogen-bond donors (Lipinski definition) is 1. The molecule has 29 heavy (non-hydrogen) atoms. The minimum absolute atomic E-state index is 0.000777. The van der Waals surface area contributed by atoms with Gasteiger partial charge in [-0.3, -0.25) is 9.69 Å². The number of nitrogens with one attached hydrogen (secondary N) is 1. The highest BCUT2D eigenvalue weighted by Gasteiger charge is 2.24. The van der Waals surface area contributed by atoms with Gasteiger partial charge in [-0.15, -0.1) is 0 Å². The van der Waals surface area contributed by atoms with Crippen LogP contribution >= 0.6 is 0 Å². The lowest BCUT2D eigenvalue weighted by Gasteiger charge is -2.38. The van der Waals surface area contributed by atoms with Crippen LogP contribution in [0, 0.1) is 13.8 Å². The van der Waals surface area contributed by atoms with Crippen LogP contribution in [0.4, 0.5) is 5.69 Å². The van der Waals surface area contributed by atoms with Crippen LogP contribution in [0.5, 0.6) is 0 Å². The van der Waals surface area contributed by atoms with E-state index in [1.165, 1.54) is 11.3 Å². The number of nitrogens with zero attached hydrogens (tertiary/aromatic N) is 3. The molecule has 3 rings (SSSR count). The fourth-order valence-corrected chi connectivity index (χ4v) is 3.98. The Morgan fingerprint density at radius 2 is 1.59 bits per heavy atom. The molecule has 1 aliphatic rings. The van der Waals surface area contributed by atoms with Crippen molar-refractivity contribution in [2.24, 2.45) is 0 Å². The smallest absolute Gasteiger partial charge is 0.251 e. The SMILES string of the molecule is Cc1cc(C)cc(C(=O)NC[C@H](c2ccc(N(C)C)cc2)N2CCN(C)CC2)c1. The standard InChI is InChI=1S/C24H34N4O/c1-18-14-19(2)16-21(15-18)24(29)25-17-23(28-12-10-27(5)11-13-28)20-6-8-22(9-7-20)26(3)4/h6-9,14-16,23H,10-13,17H2,1-5H3,(H,25,29)/t23-/m1/s1. The lowest BCUT2D eigenvalue weighted by Crippen LogP contribution is -2.48. The van der Waals surface area contributed by atoms with Crippen LogP contribution in [0.1, 0.15) is 33.1 Å². The molecule has 2 aromatic carbocycles. The number of amides is 1. The van der Waals surface area contributed by atoms with Gasteiger partial charge in [-0.2, -0.15) is 0 Å². The van der Waals surface area contributed by atoms with Crippen LogP contribution in [0.2, 0.25) is 0 Å². The van der Waals surface area contributed by atoms with E-state index in [0.29, 0.717) is 6.54 Å². The molecule has 5 heteroatoms. The van der Waals surface area contributed by atoms with Crippen molar-refractivity contribution in [3.63, 3.8) is 0 Å². The van der Waals surface area contributed by atoms with E-state index in [1.807, 2.05) is 26.0 Å². The first kappa shape index (κ1) is 21.3. The zero-order valence-electron chi connectivity index (χ0n) is 18.4. The molecule has 1 fully saturated rings. The van der Waals surface area contributed by atoms with Gasteiger partial charge in [0.2, 0.25) is 0 Å². The maximum Gasteiger partial charge on any atom is 0.251 e. The minimum Gasteiger partial charge on any atom is -0.378 e. The second-order valence-corrected chi connectivity index (χ2v) is 8.43. The normalized spacial score (nSPS) is 16.4. The molecule has 1 aliphatic heterocycles. The number of carbonyl (C=O) groups excluding carboxylic acids is 1. The molecule has 0 radical (unpaired) electrons. The van der Waals surface area contributed by atoms with E-state index in [1.54, 1.807) is 0 Å². The number of hydrogen-bond acceptors (Lipinski definition) is 4. The molecule has 5 nitrogen and oxygen atoms in total. The topological polar surface area (TPSA) is 38.8 Å². The van der Waals surface area contributed by atoms with E-state index < -0.39 is 0 Å². The number of anilines is 1. The van der Waals surface area contributed by atoms with Crippen LogP contribution in [0.3, 0.4) is 0 Å². The molecule has 1 saturated heterocycles. The Hall–Kier alpha value is -2.37. The Kier molecular flexibility index (Phi) is 6.93. The fourth-order valence-electron chi connectivity index (χ4n) is 3.98. The van der Waals surface area contributed by atoms with Crippen molar-refractivity contribution in [3.8, 4) is 0 Å². The Balaban J connectivity index is 1.76. The average molecular weight is 395 g/mol. The summed E-state index contributed by atoms with van der Waals surface area (Å²) < 4.78 is 0. The number of carbonyl (C=O) groups is 1. The number of benzene rings is 2. The van der Waals surface area contributed by atoms with E-state index >= 15 is 0 Å². The van der Waals surface area contributed by atoms with Crippen LogP contribution in [-0.2, 0) is 0 Å². The molecular formula is C24H34N4O. The first-order valence-corrected chi connectivity index (χ1v) is 10.4. The van der Waals surface area contributed by atoms with Gasteiger partial charge >= 0.3 is 0 Å². The zero-order valence-corrected chi connectivity index (χ0v) is 18.4. The Morgan fingerprint density at radius 1 is 1.00 bits per heavy atom. The largest absolute Gasteiger partial charge is 0.378 e. The molecule has 0 bridgehead atoms. The highest BCUT2D eigenvalue weighted by Crippen LogP contribution is 2.24. The fraction of sp³-hybridized carbons (Fsp3) is 0.458. The molecule has 0 unspecified atom stereocenters. The summed E-state index contributed by atoms with van der Waals surface area (Å²) in [6.45, 7) is 8.80. The molecular weight excluding hydrogens is 360 g/mol. The van der Waals surface area contributed by atoms with Crippen molar-refractivity contribution < 1.29 is 4.79 Å². The first-order chi connectivity index (χ1) is 13.8. The van der Waals surface area contributed by atoms with E-state index in [2.05, 4.69) is 71.5 Å². The van der Waals surface area contributed by atoms with Crippen LogP contribution in [0.25, 0.3) is 0 Å². The zero-order chi connectivity index (χ0) is 21.0. The van der Waals surface area contributed by atoms with Crippen LogP contribution in [-0.4, -0.2) is 69.6 Å². The van der Waals surface area contributed by atoms with E-state index in [9.17, 15) is 4.79 Å². The molecule has 156 valence electrons. The Morgan fingerprint density at radius 3 is 2.14 bits per heavy atom. The van der Waals surface area contributed by atoms with Gasteiger partial charge in [0, 0.05) is 58.1 Å². The second-order valence-electron chi connectivity index (χ2n) is 8.43. The van der Waals surface area contributed by atoms with Gasteiger partial charge < -0.3 is 15.1 Å². The van der Waals surface area contributed by atoms with Crippen molar-refractivity contribution in [1.82, 2.24) is 15.1 Å². The maximum absolute atomic E-state index is 12.8. The van der Waals surface area contributed by atoms with Crippen LogP contribution in [0.15, 0.2) is 42.5 Å². The molecule has 0 saturated carbocycles.